The van der Waals surface area contributed by atoms with Gasteiger partial charge in [-0.1, -0.05) is 22.8 Å². The lowest BCUT2D eigenvalue weighted by Gasteiger charge is -2.10. The van der Waals surface area contributed by atoms with Gasteiger partial charge in [0, 0.05) is 18.0 Å². The first-order chi connectivity index (χ1) is 11.6. The molecule has 1 unspecified atom stereocenters. The molecule has 0 saturated carbocycles. The topological polar surface area (TPSA) is 78.1 Å². The van der Waals surface area contributed by atoms with E-state index in [0.29, 0.717) is 11.4 Å². The summed E-state index contributed by atoms with van der Waals surface area (Å²) in [5.74, 6) is -1.28. The van der Waals surface area contributed by atoms with Crippen LogP contribution in [0.1, 0.15) is 29.3 Å². The Hall–Kier alpha value is -2.80. The Labute approximate surface area is 141 Å². The van der Waals surface area contributed by atoms with Gasteiger partial charge < -0.3 is 9.26 Å². The summed E-state index contributed by atoms with van der Waals surface area (Å²) in [6.07, 6.45) is 2.32. The van der Waals surface area contributed by atoms with Crippen LogP contribution in [0, 0.1) is 5.82 Å². The highest BCUT2D eigenvalue weighted by Gasteiger charge is 2.23. The van der Waals surface area contributed by atoms with Crippen LogP contribution >= 0.6 is 11.6 Å². The van der Waals surface area contributed by atoms with E-state index in [1.54, 1.807) is 24.5 Å². The summed E-state index contributed by atoms with van der Waals surface area (Å²) in [5, 5.41) is 3.77. The minimum Gasteiger partial charge on any atom is -0.449 e. The number of hydrogen-bond acceptors (Lipinski definition) is 6. The minimum atomic E-state index is -0.910. The Morgan fingerprint density at radius 1 is 1.33 bits per heavy atom. The van der Waals surface area contributed by atoms with Gasteiger partial charge in [-0.05, 0) is 31.2 Å². The molecule has 1 atom stereocenters. The van der Waals surface area contributed by atoms with Gasteiger partial charge in [-0.15, -0.1) is 0 Å². The fourth-order valence-corrected chi connectivity index (χ4v) is 2.22. The summed E-state index contributed by atoms with van der Waals surface area (Å²) >= 11 is 5.84. The average Bonchev–Trinajstić information content (AvgIpc) is 3.05. The fourth-order valence-electron chi connectivity index (χ4n) is 1.98. The van der Waals surface area contributed by atoms with Crippen LogP contribution in [0.4, 0.5) is 4.39 Å². The third-order valence-electron chi connectivity index (χ3n) is 3.16. The standard InChI is InChI=1S/C16H11ClFN3O3/c1-9(23-16(22)13-11(17)5-2-6-12(13)18)15-20-14(21-24-15)10-4-3-7-19-8-10/h2-9H,1H3. The molecule has 0 radical (unpaired) electrons. The number of hydrogen-bond donors (Lipinski definition) is 0. The number of carbonyl (C=O) groups is 1. The van der Waals surface area contributed by atoms with E-state index in [1.807, 2.05) is 0 Å². The Morgan fingerprint density at radius 3 is 2.88 bits per heavy atom. The van der Waals surface area contributed by atoms with E-state index in [4.69, 9.17) is 20.9 Å². The number of ether oxygens (including phenoxy) is 1. The van der Waals surface area contributed by atoms with Crippen LogP contribution in [0.2, 0.25) is 5.02 Å². The van der Waals surface area contributed by atoms with Gasteiger partial charge >= 0.3 is 5.97 Å². The van der Waals surface area contributed by atoms with Gasteiger partial charge in [-0.2, -0.15) is 4.98 Å². The van der Waals surface area contributed by atoms with Gasteiger partial charge in [-0.25, -0.2) is 9.18 Å². The summed E-state index contributed by atoms with van der Waals surface area (Å²) in [7, 11) is 0. The molecule has 2 heterocycles. The van der Waals surface area contributed by atoms with Gasteiger partial charge in [0.2, 0.25) is 5.82 Å². The molecule has 0 amide bonds. The molecule has 0 aliphatic heterocycles. The first-order valence-corrected chi connectivity index (χ1v) is 7.33. The van der Waals surface area contributed by atoms with Crippen molar-refractivity contribution in [3.8, 4) is 11.4 Å². The summed E-state index contributed by atoms with van der Waals surface area (Å²) < 4.78 is 24.0. The van der Waals surface area contributed by atoms with Crippen molar-refractivity contribution >= 4 is 17.6 Å². The zero-order valence-corrected chi connectivity index (χ0v) is 13.2. The maximum atomic E-state index is 13.7. The molecule has 2 aromatic heterocycles. The second-order valence-corrected chi connectivity index (χ2v) is 5.25. The van der Waals surface area contributed by atoms with Crippen molar-refractivity contribution in [3.63, 3.8) is 0 Å². The minimum absolute atomic E-state index is 0.0335. The van der Waals surface area contributed by atoms with Crippen molar-refractivity contribution < 1.29 is 18.4 Å². The molecular weight excluding hydrogens is 337 g/mol. The predicted octanol–water partition coefficient (Wildman–Crippen LogP) is 3.84. The van der Waals surface area contributed by atoms with E-state index in [9.17, 15) is 9.18 Å². The van der Waals surface area contributed by atoms with Crippen molar-refractivity contribution in [2.24, 2.45) is 0 Å². The van der Waals surface area contributed by atoms with Crippen LogP contribution in [-0.2, 0) is 4.74 Å². The number of carbonyl (C=O) groups excluding carboxylic acids is 1. The van der Waals surface area contributed by atoms with E-state index in [-0.39, 0.29) is 16.5 Å². The largest absolute Gasteiger partial charge is 0.449 e. The quantitative estimate of drug-likeness (QED) is 0.667. The molecule has 0 saturated heterocycles. The number of benzene rings is 1. The molecule has 3 aromatic rings. The molecule has 6 nitrogen and oxygen atoms in total. The Kier molecular flexibility index (Phi) is 4.52. The van der Waals surface area contributed by atoms with Gasteiger partial charge in [-0.3, -0.25) is 4.98 Å². The molecule has 8 heteroatoms. The lowest BCUT2D eigenvalue weighted by atomic mass is 10.2. The summed E-state index contributed by atoms with van der Waals surface area (Å²) in [6, 6.07) is 7.42. The number of rotatable bonds is 4. The van der Waals surface area contributed by atoms with E-state index in [2.05, 4.69) is 15.1 Å². The van der Waals surface area contributed by atoms with Crippen molar-refractivity contribution in [2.45, 2.75) is 13.0 Å². The molecule has 0 spiro atoms. The van der Waals surface area contributed by atoms with Crippen molar-refractivity contribution in [2.75, 3.05) is 0 Å². The Morgan fingerprint density at radius 2 is 2.17 bits per heavy atom. The number of pyridine rings is 1. The predicted molar refractivity (Wildman–Crippen MR) is 82.8 cm³/mol. The third-order valence-corrected chi connectivity index (χ3v) is 3.47. The molecule has 0 aliphatic rings. The van der Waals surface area contributed by atoms with Crippen LogP contribution in [0.3, 0.4) is 0 Å². The van der Waals surface area contributed by atoms with E-state index in [0.717, 1.165) is 6.07 Å². The van der Waals surface area contributed by atoms with Crippen molar-refractivity contribution in [1.82, 2.24) is 15.1 Å². The van der Waals surface area contributed by atoms with Gasteiger partial charge in [0.25, 0.3) is 5.89 Å². The highest BCUT2D eigenvalue weighted by molar-refractivity contribution is 6.33. The summed E-state index contributed by atoms with van der Waals surface area (Å²) in [6.45, 7) is 1.53. The molecule has 24 heavy (non-hydrogen) atoms. The van der Waals surface area contributed by atoms with E-state index in [1.165, 1.54) is 19.1 Å². The van der Waals surface area contributed by atoms with Crippen LogP contribution in [0.15, 0.2) is 47.2 Å². The fraction of sp³-hybridized carbons (Fsp3) is 0.125. The molecule has 1 aromatic carbocycles. The highest BCUT2D eigenvalue weighted by atomic mass is 35.5. The van der Waals surface area contributed by atoms with Crippen LogP contribution in [-0.4, -0.2) is 21.1 Å². The zero-order valence-electron chi connectivity index (χ0n) is 12.4. The lowest BCUT2D eigenvalue weighted by Crippen LogP contribution is -2.12. The normalized spacial score (nSPS) is 12.0. The number of aromatic nitrogens is 3. The van der Waals surface area contributed by atoms with Crippen molar-refractivity contribution in [1.29, 1.82) is 0 Å². The van der Waals surface area contributed by atoms with Gasteiger partial charge in [0.05, 0.1) is 5.02 Å². The second-order valence-electron chi connectivity index (χ2n) is 4.84. The molecular formula is C16H11ClFN3O3. The smallest absolute Gasteiger partial charge is 0.343 e. The lowest BCUT2D eigenvalue weighted by molar-refractivity contribution is 0.0260. The molecule has 0 aliphatic carbocycles. The monoisotopic (exact) mass is 347 g/mol. The first-order valence-electron chi connectivity index (χ1n) is 6.95. The van der Waals surface area contributed by atoms with E-state index >= 15 is 0 Å². The van der Waals surface area contributed by atoms with Gasteiger partial charge in [0.15, 0.2) is 6.10 Å². The maximum Gasteiger partial charge on any atom is 0.343 e. The molecule has 0 bridgehead atoms. The Balaban J connectivity index is 1.77. The molecule has 3 rings (SSSR count). The first kappa shape index (κ1) is 16.1. The highest BCUT2D eigenvalue weighted by Crippen LogP contribution is 2.24. The van der Waals surface area contributed by atoms with Gasteiger partial charge in [0.1, 0.15) is 11.4 Å². The van der Waals surface area contributed by atoms with Crippen molar-refractivity contribution in [3.05, 3.63) is 65.0 Å². The Bertz CT molecular complexity index is 850. The summed E-state index contributed by atoms with van der Waals surface area (Å²) in [4.78, 5) is 20.2. The molecule has 0 fully saturated rings. The second kappa shape index (κ2) is 6.76. The third kappa shape index (κ3) is 3.26. The zero-order chi connectivity index (χ0) is 17.1. The number of halogens is 2. The van der Waals surface area contributed by atoms with Crippen LogP contribution in [0.25, 0.3) is 11.4 Å². The maximum absolute atomic E-state index is 13.7. The number of nitrogens with zero attached hydrogens (tertiary/aromatic N) is 3. The summed E-state index contributed by atoms with van der Waals surface area (Å²) in [5.41, 5.74) is 0.321. The van der Waals surface area contributed by atoms with Crippen LogP contribution in [0.5, 0.6) is 0 Å². The van der Waals surface area contributed by atoms with Crippen LogP contribution < -0.4 is 0 Å². The molecule has 0 N–H and O–H groups in total. The number of esters is 1. The average molecular weight is 348 g/mol. The SMILES string of the molecule is CC(OC(=O)c1c(F)cccc1Cl)c1nc(-c2cccnc2)no1. The molecule has 122 valence electrons. The van der Waals surface area contributed by atoms with E-state index < -0.39 is 17.9 Å².